The zero-order valence-corrected chi connectivity index (χ0v) is 12.3. The fraction of sp³-hybridized carbons (Fsp3) is 0.500. The van der Waals surface area contributed by atoms with E-state index in [0.29, 0.717) is 12.0 Å². The molecule has 0 spiro atoms. The Bertz CT molecular complexity index is 647. The lowest BCUT2D eigenvalue weighted by molar-refractivity contribution is 0.139. The molecular weight excluding hydrogens is 260 g/mol. The van der Waals surface area contributed by atoms with Crippen LogP contribution in [0.5, 0.6) is 5.75 Å². The van der Waals surface area contributed by atoms with Crippen molar-refractivity contribution in [3.8, 4) is 5.75 Å². The third kappa shape index (κ3) is 2.40. The molecule has 3 heteroatoms. The first kappa shape index (κ1) is 13.1. The summed E-state index contributed by atoms with van der Waals surface area (Å²) in [6.07, 6.45) is 7.88. The summed E-state index contributed by atoms with van der Waals surface area (Å²) in [6.45, 7) is 0.840. The van der Waals surface area contributed by atoms with Crippen LogP contribution in [0.4, 0.5) is 0 Å². The van der Waals surface area contributed by atoms with E-state index >= 15 is 0 Å². The Kier molecular flexibility index (Phi) is 3.30. The molecule has 1 fully saturated rings. The van der Waals surface area contributed by atoms with E-state index in [2.05, 4.69) is 23.2 Å². The molecule has 2 aliphatic rings. The Morgan fingerprint density at radius 1 is 1.05 bits per heavy atom. The van der Waals surface area contributed by atoms with Crippen molar-refractivity contribution in [2.24, 2.45) is 17.6 Å². The smallest absolute Gasteiger partial charge is 0.141 e. The Morgan fingerprint density at radius 3 is 2.71 bits per heavy atom. The molecular formula is C18H22N2O. The van der Waals surface area contributed by atoms with E-state index in [-0.39, 0.29) is 0 Å². The highest BCUT2D eigenvalue weighted by Crippen LogP contribution is 2.38. The normalized spacial score (nSPS) is 28.9. The van der Waals surface area contributed by atoms with Gasteiger partial charge in [-0.25, -0.2) is 0 Å². The Morgan fingerprint density at radius 2 is 1.86 bits per heavy atom. The summed E-state index contributed by atoms with van der Waals surface area (Å²) >= 11 is 0. The number of hydrogen-bond donors (Lipinski definition) is 1. The Balaban J connectivity index is 1.63. The van der Waals surface area contributed by atoms with Gasteiger partial charge in [-0.3, -0.25) is 4.98 Å². The summed E-state index contributed by atoms with van der Waals surface area (Å²) in [5, 5.41) is 1.26. The minimum absolute atomic E-state index is 0.420. The van der Waals surface area contributed by atoms with Crippen molar-refractivity contribution >= 4 is 10.9 Å². The predicted molar refractivity (Wildman–Crippen MR) is 84.4 cm³/mol. The maximum absolute atomic E-state index is 6.04. The average Bonchev–Trinajstić information content (AvgIpc) is 2.55. The zero-order chi connectivity index (χ0) is 14.2. The molecule has 1 aliphatic carbocycles. The van der Waals surface area contributed by atoms with Crippen LogP contribution in [0.1, 0.15) is 31.2 Å². The number of para-hydroxylation sites is 1. The van der Waals surface area contributed by atoms with Crippen LogP contribution in [0, 0.1) is 11.8 Å². The lowest BCUT2D eigenvalue weighted by Crippen LogP contribution is -2.34. The van der Waals surface area contributed by atoms with Crippen LogP contribution in [-0.4, -0.2) is 17.6 Å². The molecule has 110 valence electrons. The highest BCUT2D eigenvalue weighted by Gasteiger charge is 2.31. The standard InChI is InChI=1S/C18H22N2O/c19-14-7-5-12(6-8-14)13-9-16-15-3-1-2-4-17(15)20-10-18(16)21-11-13/h1-4,10,12-14H,5-9,11,19H2. The summed E-state index contributed by atoms with van der Waals surface area (Å²) in [5.74, 6) is 2.39. The molecule has 1 aromatic carbocycles. The van der Waals surface area contributed by atoms with Gasteiger partial charge in [0.1, 0.15) is 5.75 Å². The van der Waals surface area contributed by atoms with Crippen LogP contribution in [0.15, 0.2) is 30.5 Å². The zero-order valence-electron chi connectivity index (χ0n) is 12.3. The van der Waals surface area contributed by atoms with E-state index in [0.717, 1.165) is 30.2 Å². The number of pyridine rings is 1. The van der Waals surface area contributed by atoms with E-state index in [1.165, 1.54) is 36.6 Å². The molecule has 1 saturated carbocycles. The van der Waals surface area contributed by atoms with Crippen LogP contribution in [0.25, 0.3) is 10.9 Å². The second-order valence-corrected chi connectivity index (χ2v) is 6.57. The predicted octanol–water partition coefficient (Wildman–Crippen LogP) is 3.30. The fourth-order valence-electron chi connectivity index (χ4n) is 3.95. The van der Waals surface area contributed by atoms with Gasteiger partial charge in [0.15, 0.2) is 0 Å². The molecule has 0 amide bonds. The highest BCUT2D eigenvalue weighted by molar-refractivity contribution is 5.84. The third-order valence-corrected chi connectivity index (χ3v) is 5.25. The van der Waals surface area contributed by atoms with Crippen molar-refractivity contribution in [1.82, 2.24) is 4.98 Å². The fourth-order valence-corrected chi connectivity index (χ4v) is 3.95. The Labute approximate surface area is 125 Å². The maximum atomic E-state index is 6.04. The second-order valence-electron chi connectivity index (χ2n) is 6.57. The van der Waals surface area contributed by atoms with Gasteiger partial charge >= 0.3 is 0 Å². The minimum atomic E-state index is 0.420. The molecule has 3 nitrogen and oxygen atoms in total. The summed E-state index contributed by atoms with van der Waals surface area (Å²) in [4.78, 5) is 4.50. The van der Waals surface area contributed by atoms with E-state index in [1.54, 1.807) is 0 Å². The molecule has 1 aromatic heterocycles. The number of nitrogens with two attached hydrogens (primary N) is 1. The molecule has 4 rings (SSSR count). The van der Waals surface area contributed by atoms with Gasteiger partial charge in [0, 0.05) is 22.9 Å². The summed E-state index contributed by atoms with van der Waals surface area (Å²) < 4.78 is 6.03. The topological polar surface area (TPSA) is 48.1 Å². The molecule has 1 aliphatic heterocycles. The number of aromatic nitrogens is 1. The van der Waals surface area contributed by atoms with Gasteiger partial charge in [-0.1, -0.05) is 18.2 Å². The van der Waals surface area contributed by atoms with Gasteiger partial charge < -0.3 is 10.5 Å². The Hall–Kier alpha value is -1.61. The van der Waals surface area contributed by atoms with Crippen LogP contribution in [0.3, 0.4) is 0 Å². The van der Waals surface area contributed by atoms with Gasteiger partial charge in [-0.15, -0.1) is 0 Å². The number of ether oxygens (including phenoxy) is 1. The van der Waals surface area contributed by atoms with Crippen molar-refractivity contribution < 1.29 is 4.74 Å². The van der Waals surface area contributed by atoms with Gasteiger partial charge in [0.2, 0.25) is 0 Å². The van der Waals surface area contributed by atoms with Crippen LogP contribution in [0.2, 0.25) is 0 Å². The minimum Gasteiger partial charge on any atom is -0.491 e. The summed E-state index contributed by atoms with van der Waals surface area (Å²) in [6, 6.07) is 8.81. The quantitative estimate of drug-likeness (QED) is 0.873. The summed E-state index contributed by atoms with van der Waals surface area (Å²) in [5.41, 5.74) is 8.47. The first-order valence-corrected chi connectivity index (χ1v) is 8.06. The third-order valence-electron chi connectivity index (χ3n) is 5.25. The van der Waals surface area contributed by atoms with Crippen LogP contribution < -0.4 is 10.5 Å². The molecule has 0 bridgehead atoms. The van der Waals surface area contributed by atoms with Gasteiger partial charge in [0.05, 0.1) is 18.3 Å². The lowest BCUT2D eigenvalue weighted by atomic mass is 9.75. The second kappa shape index (κ2) is 5.30. The van der Waals surface area contributed by atoms with Crippen molar-refractivity contribution in [1.29, 1.82) is 0 Å². The molecule has 2 heterocycles. The van der Waals surface area contributed by atoms with Crippen molar-refractivity contribution in [3.05, 3.63) is 36.0 Å². The SMILES string of the molecule is NC1CCC(C2COc3cnc4ccccc4c3C2)CC1. The monoisotopic (exact) mass is 282 g/mol. The number of rotatable bonds is 1. The van der Waals surface area contributed by atoms with Crippen molar-refractivity contribution in [2.75, 3.05) is 6.61 Å². The number of hydrogen-bond acceptors (Lipinski definition) is 3. The van der Waals surface area contributed by atoms with Gasteiger partial charge in [-0.2, -0.15) is 0 Å². The van der Waals surface area contributed by atoms with E-state index in [9.17, 15) is 0 Å². The molecule has 2 aromatic rings. The van der Waals surface area contributed by atoms with E-state index in [1.807, 2.05) is 12.3 Å². The van der Waals surface area contributed by atoms with E-state index < -0.39 is 0 Å². The number of fused-ring (bicyclic) bond motifs is 3. The van der Waals surface area contributed by atoms with Gasteiger partial charge in [0.25, 0.3) is 0 Å². The molecule has 21 heavy (non-hydrogen) atoms. The van der Waals surface area contributed by atoms with E-state index in [4.69, 9.17) is 10.5 Å². The average molecular weight is 282 g/mol. The summed E-state index contributed by atoms with van der Waals surface area (Å²) in [7, 11) is 0. The van der Waals surface area contributed by atoms with Crippen molar-refractivity contribution in [2.45, 2.75) is 38.1 Å². The van der Waals surface area contributed by atoms with Gasteiger partial charge in [-0.05, 0) is 44.1 Å². The molecule has 2 N–H and O–H groups in total. The molecule has 1 unspecified atom stereocenters. The number of nitrogens with zero attached hydrogens (tertiary/aromatic N) is 1. The van der Waals surface area contributed by atoms with Crippen molar-refractivity contribution in [3.63, 3.8) is 0 Å². The molecule has 0 saturated heterocycles. The maximum Gasteiger partial charge on any atom is 0.141 e. The molecule has 1 atom stereocenters. The highest BCUT2D eigenvalue weighted by atomic mass is 16.5. The first-order valence-electron chi connectivity index (χ1n) is 8.06. The molecule has 0 radical (unpaired) electrons. The first-order chi connectivity index (χ1) is 10.3. The number of benzene rings is 1. The van der Waals surface area contributed by atoms with Crippen LogP contribution in [-0.2, 0) is 6.42 Å². The van der Waals surface area contributed by atoms with Crippen LogP contribution >= 0.6 is 0 Å². The largest absolute Gasteiger partial charge is 0.491 e. The lowest BCUT2D eigenvalue weighted by Gasteiger charge is -2.35.